The Hall–Kier alpha value is -3.89. The molecule has 1 aromatic heterocycles. The molecule has 4 rings (SSSR count). The molecule has 9 nitrogen and oxygen atoms in total. The van der Waals surface area contributed by atoms with Gasteiger partial charge in [-0.1, -0.05) is 91.0 Å². The fraction of sp³-hybridized carbons (Fsp3) is 0.276. The number of amides is 1. The Morgan fingerprint density at radius 2 is 1.18 bits per heavy atom. The van der Waals surface area contributed by atoms with Crippen LogP contribution in [0.15, 0.2) is 97.3 Å². The molecule has 0 saturated carbocycles. The first-order valence-corrected chi connectivity index (χ1v) is 12.4. The van der Waals surface area contributed by atoms with Crippen molar-refractivity contribution in [2.24, 2.45) is 5.73 Å². The maximum Gasteiger partial charge on any atom is 0.288 e. The minimum Gasteiger partial charge on any atom is -0.374 e. The first kappa shape index (κ1) is 27.2. The fourth-order valence-electron chi connectivity index (χ4n) is 3.68. The number of hydrogen-bond donors (Lipinski definition) is 1. The highest BCUT2D eigenvalue weighted by Gasteiger charge is 2.25. The highest BCUT2D eigenvalue weighted by Crippen LogP contribution is 2.14. The maximum absolute atomic E-state index is 11.4. The zero-order valence-corrected chi connectivity index (χ0v) is 21.1. The van der Waals surface area contributed by atoms with Crippen LogP contribution in [0.3, 0.4) is 0 Å². The minimum atomic E-state index is -0.704. The Bertz CT molecular complexity index is 1220. The summed E-state index contributed by atoms with van der Waals surface area (Å²) in [6, 6.07) is 29.8. The van der Waals surface area contributed by atoms with E-state index >= 15 is 0 Å². The molecule has 2 unspecified atom stereocenters. The van der Waals surface area contributed by atoms with Gasteiger partial charge in [-0.3, -0.25) is 4.79 Å². The average Bonchev–Trinajstić information content (AvgIpc) is 3.44. The molecule has 1 heterocycles. The van der Waals surface area contributed by atoms with Crippen LogP contribution in [-0.2, 0) is 45.5 Å². The third-order valence-corrected chi connectivity index (χ3v) is 5.69. The molecule has 3 aromatic carbocycles. The zero-order chi connectivity index (χ0) is 26.4. The van der Waals surface area contributed by atoms with Gasteiger partial charge in [0.15, 0.2) is 0 Å². The number of nitrogens with zero attached hydrogens (tertiary/aromatic N) is 3. The molecule has 0 spiro atoms. The van der Waals surface area contributed by atoms with Gasteiger partial charge in [0.05, 0.1) is 33.0 Å². The summed E-state index contributed by atoms with van der Waals surface area (Å²) in [6.45, 7) is 1.81. The molecule has 0 saturated heterocycles. The van der Waals surface area contributed by atoms with E-state index in [0.717, 1.165) is 16.7 Å². The molecular formula is C29H32N4O5. The van der Waals surface area contributed by atoms with E-state index in [4.69, 9.17) is 24.7 Å². The number of nitrogens with two attached hydrogens (primary N) is 1. The molecule has 198 valence electrons. The minimum absolute atomic E-state index is 0.0313. The van der Waals surface area contributed by atoms with E-state index < -0.39 is 18.1 Å². The van der Waals surface area contributed by atoms with E-state index in [2.05, 4.69) is 10.1 Å². The van der Waals surface area contributed by atoms with E-state index in [1.165, 1.54) is 11.0 Å². The van der Waals surface area contributed by atoms with Crippen LogP contribution in [0.2, 0.25) is 0 Å². The number of primary amides is 1. The van der Waals surface area contributed by atoms with Crippen molar-refractivity contribution in [3.05, 3.63) is 120 Å². The number of ether oxygens (including phenoxy) is 4. The zero-order valence-electron chi connectivity index (χ0n) is 21.1. The largest absolute Gasteiger partial charge is 0.374 e. The summed E-state index contributed by atoms with van der Waals surface area (Å²) in [5.74, 6) is -0.779. The Balaban J connectivity index is 1.44. The SMILES string of the molecule is NC(=O)c1ncn(COC(COCc2ccccc2)C(COCc2ccccc2)OCc2ccccc2)n1. The molecule has 4 aromatic rings. The number of carbonyl (C=O) groups is 1. The van der Waals surface area contributed by atoms with Gasteiger partial charge in [0, 0.05) is 0 Å². The standard InChI is InChI=1S/C29H32N4O5/c30-28(34)29-31-21-33(32-29)22-38-27(20-36-17-24-12-6-2-7-13-24)26(37-18-25-14-8-3-9-15-25)19-35-16-23-10-4-1-5-11-23/h1-15,21,26-27H,16-20,22H2,(H2,30,34). The number of hydrogen-bond acceptors (Lipinski definition) is 7. The first-order chi connectivity index (χ1) is 18.7. The fourth-order valence-corrected chi connectivity index (χ4v) is 3.68. The molecule has 0 fully saturated rings. The molecular weight excluding hydrogens is 484 g/mol. The van der Waals surface area contributed by atoms with Crippen LogP contribution in [0.25, 0.3) is 0 Å². The van der Waals surface area contributed by atoms with Crippen LogP contribution in [-0.4, -0.2) is 46.1 Å². The van der Waals surface area contributed by atoms with Crippen LogP contribution in [0.1, 0.15) is 27.3 Å². The quantitative estimate of drug-likeness (QED) is 0.242. The Kier molecular flexibility index (Phi) is 10.5. The maximum atomic E-state index is 11.4. The van der Waals surface area contributed by atoms with Crippen LogP contribution >= 0.6 is 0 Å². The third-order valence-electron chi connectivity index (χ3n) is 5.69. The summed E-state index contributed by atoms with van der Waals surface area (Å²) in [6.07, 6.45) is 0.446. The Labute approximate surface area is 222 Å². The van der Waals surface area contributed by atoms with Crippen molar-refractivity contribution >= 4 is 5.91 Å². The normalized spacial score (nSPS) is 12.7. The molecule has 9 heteroatoms. The highest BCUT2D eigenvalue weighted by molar-refractivity contribution is 5.88. The lowest BCUT2D eigenvalue weighted by molar-refractivity contribution is -0.149. The summed E-state index contributed by atoms with van der Waals surface area (Å²) in [5.41, 5.74) is 8.42. The lowest BCUT2D eigenvalue weighted by atomic mass is 10.2. The second-order valence-corrected chi connectivity index (χ2v) is 8.64. The molecule has 2 atom stereocenters. The van der Waals surface area contributed by atoms with Crippen molar-refractivity contribution in [1.82, 2.24) is 14.8 Å². The van der Waals surface area contributed by atoms with Crippen LogP contribution in [0.5, 0.6) is 0 Å². The topological polar surface area (TPSA) is 111 Å². The van der Waals surface area contributed by atoms with Gasteiger partial charge in [-0.25, -0.2) is 9.67 Å². The van der Waals surface area contributed by atoms with Crippen molar-refractivity contribution in [1.29, 1.82) is 0 Å². The molecule has 0 radical (unpaired) electrons. The molecule has 2 N–H and O–H groups in total. The lowest BCUT2D eigenvalue weighted by Gasteiger charge is -2.27. The summed E-state index contributed by atoms with van der Waals surface area (Å²) >= 11 is 0. The predicted octanol–water partition coefficient (Wildman–Crippen LogP) is 3.74. The molecule has 0 aliphatic heterocycles. The monoisotopic (exact) mass is 516 g/mol. The van der Waals surface area contributed by atoms with E-state index in [1.54, 1.807) is 0 Å². The lowest BCUT2D eigenvalue weighted by Crippen LogP contribution is -2.39. The van der Waals surface area contributed by atoms with Gasteiger partial charge in [0.25, 0.3) is 5.91 Å². The predicted molar refractivity (Wildman–Crippen MR) is 141 cm³/mol. The van der Waals surface area contributed by atoms with Gasteiger partial charge in [-0.2, -0.15) is 0 Å². The van der Waals surface area contributed by atoms with E-state index in [9.17, 15) is 4.79 Å². The highest BCUT2D eigenvalue weighted by atomic mass is 16.6. The number of rotatable bonds is 16. The van der Waals surface area contributed by atoms with Crippen LogP contribution < -0.4 is 5.73 Å². The van der Waals surface area contributed by atoms with E-state index in [1.807, 2.05) is 91.0 Å². The van der Waals surface area contributed by atoms with Crippen molar-refractivity contribution in [3.63, 3.8) is 0 Å². The third kappa shape index (κ3) is 8.89. The van der Waals surface area contributed by atoms with Crippen molar-refractivity contribution in [2.45, 2.75) is 38.8 Å². The van der Waals surface area contributed by atoms with E-state index in [0.29, 0.717) is 19.8 Å². The Morgan fingerprint density at radius 3 is 1.66 bits per heavy atom. The smallest absolute Gasteiger partial charge is 0.288 e. The average molecular weight is 517 g/mol. The van der Waals surface area contributed by atoms with Gasteiger partial charge < -0.3 is 24.7 Å². The molecule has 0 bridgehead atoms. The van der Waals surface area contributed by atoms with E-state index in [-0.39, 0.29) is 25.8 Å². The Morgan fingerprint density at radius 1 is 0.711 bits per heavy atom. The summed E-state index contributed by atoms with van der Waals surface area (Å²) in [5, 5.41) is 4.06. The van der Waals surface area contributed by atoms with Crippen LogP contribution in [0.4, 0.5) is 0 Å². The number of carbonyl (C=O) groups excluding carboxylic acids is 1. The first-order valence-electron chi connectivity index (χ1n) is 12.4. The van der Waals surface area contributed by atoms with Crippen LogP contribution in [0, 0.1) is 0 Å². The molecule has 0 aliphatic rings. The van der Waals surface area contributed by atoms with Gasteiger partial charge >= 0.3 is 0 Å². The number of benzene rings is 3. The van der Waals surface area contributed by atoms with Crippen molar-refractivity contribution in [2.75, 3.05) is 13.2 Å². The van der Waals surface area contributed by atoms with Gasteiger partial charge in [0.1, 0.15) is 25.3 Å². The van der Waals surface area contributed by atoms with Gasteiger partial charge in [0.2, 0.25) is 5.82 Å². The second kappa shape index (κ2) is 14.7. The van der Waals surface area contributed by atoms with Gasteiger partial charge in [-0.05, 0) is 16.7 Å². The van der Waals surface area contributed by atoms with Crippen molar-refractivity contribution < 1.29 is 23.7 Å². The molecule has 1 amide bonds. The molecule has 38 heavy (non-hydrogen) atoms. The molecule has 0 aliphatic carbocycles. The summed E-state index contributed by atoms with van der Waals surface area (Å²) in [7, 11) is 0. The summed E-state index contributed by atoms with van der Waals surface area (Å²) in [4.78, 5) is 15.3. The summed E-state index contributed by atoms with van der Waals surface area (Å²) < 4.78 is 26.0. The van der Waals surface area contributed by atoms with Crippen molar-refractivity contribution in [3.8, 4) is 0 Å². The number of aromatic nitrogens is 3. The van der Waals surface area contributed by atoms with Gasteiger partial charge in [-0.15, -0.1) is 5.10 Å². The second-order valence-electron chi connectivity index (χ2n) is 8.64.